The molecule has 3 N–H and O–H groups in total. The standard InChI is InChI=1S/C22H26ClFN6O.CH4/c23-13-5-10-18(17(24)11-13)27-22-28-19-12-25-21(26-14-6-8-16(31)9-7-14)29-20(19)30(22)15-3-1-2-4-15;/h5,10-12,14-16,31H,1-4,6-9H2,(H,27,28)(H,25,26,29);1H4. The Morgan fingerprint density at radius 2 is 1.81 bits per heavy atom. The lowest BCUT2D eigenvalue weighted by Crippen LogP contribution is -2.29. The molecular weight excluding hydrogens is 431 g/mol. The first-order valence-electron chi connectivity index (χ1n) is 11.0. The van der Waals surface area contributed by atoms with Crippen LogP contribution in [0.5, 0.6) is 0 Å². The second kappa shape index (κ2) is 9.58. The number of benzene rings is 1. The molecule has 3 aromatic rings. The number of aliphatic hydroxyl groups is 1. The summed E-state index contributed by atoms with van der Waals surface area (Å²) in [7, 11) is 0. The predicted octanol–water partition coefficient (Wildman–Crippen LogP) is 5.83. The Labute approximate surface area is 192 Å². The molecule has 0 aliphatic heterocycles. The third kappa shape index (κ3) is 4.66. The molecule has 0 amide bonds. The third-order valence-electron chi connectivity index (χ3n) is 6.33. The second-order valence-electron chi connectivity index (χ2n) is 8.55. The maximum absolute atomic E-state index is 14.4. The molecule has 2 heterocycles. The van der Waals surface area contributed by atoms with Crippen LogP contribution in [0.3, 0.4) is 0 Å². The van der Waals surface area contributed by atoms with E-state index in [2.05, 4.69) is 25.2 Å². The minimum atomic E-state index is -0.426. The number of halogens is 2. The number of nitrogens with zero attached hydrogens (tertiary/aromatic N) is 4. The predicted molar refractivity (Wildman–Crippen MR) is 126 cm³/mol. The van der Waals surface area contributed by atoms with Gasteiger partial charge in [0.05, 0.1) is 18.0 Å². The van der Waals surface area contributed by atoms with Crippen molar-refractivity contribution in [3.63, 3.8) is 0 Å². The Morgan fingerprint density at radius 3 is 2.53 bits per heavy atom. The van der Waals surface area contributed by atoms with Crippen molar-refractivity contribution >= 4 is 40.3 Å². The summed E-state index contributed by atoms with van der Waals surface area (Å²) in [6.07, 6.45) is 9.28. The molecule has 0 spiro atoms. The zero-order chi connectivity index (χ0) is 21.4. The van der Waals surface area contributed by atoms with Crippen LogP contribution in [0.1, 0.15) is 64.8 Å². The van der Waals surface area contributed by atoms with Crippen molar-refractivity contribution in [1.29, 1.82) is 0 Å². The summed E-state index contributed by atoms with van der Waals surface area (Å²) in [4.78, 5) is 13.9. The molecule has 7 nitrogen and oxygen atoms in total. The number of hydrogen-bond acceptors (Lipinski definition) is 6. The average molecular weight is 461 g/mol. The summed E-state index contributed by atoms with van der Waals surface area (Å²) >= 11 is 5.90. The van der Waals surface area contributed by atoms with E-state index in [0.717, 1.165) is 57.0 Å². The van der Waals surface area contributed by atoms with Crippen LogP contribution in [0.2, 0.25) is 5.02 Å². The Morgan fingerprint density at radius 1 is 1.06 bits per heavy atom. The lowest BCUT2D eigenvalue weighted by atomic mass is 9.93. The van der Waals surface area contributed by atoms with Crippen LogP contribution in [0.15, 0.2) is 24.4 Å². The Hall–Kier alpha value is -2.45. The van der Waals surface area contributed by atoms with E-state index in [0.29, 0.717) is 28.1 Å². The van der Waals surface area contributed by atoms with Crippen molar-refractivity contribution in [2.24, 2.45) is 0 Å². The van der Waals surface area contributed by atoms with E-state index in [-0.39, 0.29) is 25.6 Å². The first-order valence-corrected chi connectivity index (χ1v) is 11.4. The first kappa shape index (κ1) is 22.7. The second-order valence-corrected chi connectivity index (χ2v) is 8.98. The number of nitrogens with one attached hydrogen (secondary N) is 2. The maximum Gasteiger partial charge on any atom is 0.224 e. The zero-order valence-electron chi connectivity index (χ0n) is 17.2. The minimum absolute atomic E-state index is 0. The average Bonchev–Trinajstić information content (AvgIpc) is 3.39. The van der Waals surface area contributed by atoms with E-state index in [9.17, 15) is 9.50 Å². The fourth-order valence-corrected chi connectivity index (χ4v) is 4.83. The molecule has 0 saturated heterocycles. The molecule has 0 bridgehead atoms. The molecule has 1 aromatic carbocycles. The summed E-state index contributed by atoms with van der Waals surface area (Å²) in [6, 6.07) is 5.07. The highest BCUT2D eigenvalue weighted by Crippen LogP contribution is 2.36. The smallest absolute Gasteiger partial charge is 0.224 e. The number of rotatable bonds is 5. The number of anilines is 3. The van der Waals surface area contributed by atoms with Gasteiger partial charge in [0.25, 0.3) is 0 Å². The molecule has 2 saturated carbocycles. The molecule has 2 fully saturated rings. The highest BCUT2D eigenvalue weighted by Gasteiger charge is 2.25. The molecule has 172 valence electrons. The van der Waals surface area contributed by atoms with Gasteiger partial charge < -0.3 is 15.7 Å². The lowest BCUT2D eigenvalue weighted by molar-refractivity contribution is 0.126. The molecule has 5 rings (SSSR count). The van der Waals surface area contributed by atoms with Crippen LogP contribution in [-0.4, -0.2) is 36.8 Å². The normalized spacial score (nSPS) is 21.5. The first-order chi connectivity index (χ1) is 15.1. The molecule has 2 aliphatic carbocycles. The lowest BCUT2D eigenvalue weighted by Gasteiger charge is -2.26. The fourth-order valence-electron chi connectivity index (χ4n) is 4.67. The van der Waals surface area contributed by atoms with Gasteiger partial charge >= 0.3 is 0 Å². The van der Waals surface area contributed by atoms with Crippen LogP contribution >= 0.6 is 11.6 Å². The van der Waals surface area contributed by atoms with Gasteiger partial charge in [0.1, 0.15) is 11.3 Å². The van der Waals surface area contributed by atoms with E-state index in [4.69, 9.17) is 16.6 Å². The van der Waals surface area contributed by atoms with Crippen LogP contribution < -0.4 is 10.6 Å². The fraction of sp³-hybridized carbons (Fsp3) is 0.522. The van der Waals surface area contributed by atoms with Crippen molar-refractivity contribution in [1.82, 2.24) is 19.5 Å². The van der Waals surface area contributed by atoms with E-state index in [1.165, 1.54) is 6.07 Å². The SMILES string of the molecule is C.OC1CCC(Nc2ncc3nc(Nc4ccc(Cl)cc4F)n(C4CCCC4)c3n2)CC1. The van der Waals surface area contributed by atoms with Gasteiger partial charge in [-0.3, -0.25) is 4.57 Å². The quantitative estimate of drug-likeness (QED) is 0.444. The van der Waals surface area contributed by atoms with Gasteiger partial charge in [0.2, 0.25) is 11.9 Å². The van der Waals surface area contributed by atoms with Crippen molar-refractivity contribution in [2.45, 2.75) is 77.0 Å². The molecule has 32 heavy (non-hydrogen) atoms. The van der Waals surface area contributed by atoms with Gasteiger partial charge in [0, 0.05) is 17.1 Å². The Bertz CT molecular complexity index is 1080. The van der Waals surface area contributed by atoms with Gasteiger partial charge in [-0.15, -0.1) is 0 Å². The maximum atomic E-state index is 14.4. The monoisotopic (exact) mass is 460 g/mol. The van der Waals surface area contributed by atoms with Crippen LogP contribution in [-0.2, 0) is 0 Å². The van der Waals surface area contributed by atoms with Crippen LogP contribution in [0.4, 0.5) is 22.0 Å². The van der Waals surface area contributed by atoms with Gasteiger partial charge in [-0.05, 0) is 56.7 Å². The topological polar surface area (TPSA) is 87.9 Å². The van der Waals surface area contributed by atoms with Crippen molar-refractivity contribution in [3.05, 3.63) is 35.2 Å². The molecule has 0 unspecified atom stereocenters. The van der Waals surface area contributed by atoms with Gasteiger partial charge in [0.15, 0.2) is 5.65 Å². The van der Waals surface area contributed by atoms with E-state index in [1.807, 2.05) is 0 Å². The third-order valence-corrected chi connectivity index (χ3v) is 6.57. The molecular formula is C23H30ClFN6O. The van der Waals surface area contributed by atoms with Crippen molar-refractivity contribution in [3.8, 4) is 0 Å². The van der Waals surface area contributed by atoms with Gasteiger partial charge in [-0.25, -0.2) is 14.4 Å². The minimum Gasteiger partial charge on any atom is -0.393 e. The van der Waals surface area contributed by atoms with Gasteiger partial charge in [-0.2, -0.15) is 4.98 Å². The molecule has 0 radical (unpaired) electrons. The summed E-state index contributed by atoms with van der Waals surface area (Å²) in [6.45, 7) is 0. The molecule has 9 heteroatoms. The van der Waals surface area contributed by atoms with Gasteiger partial charge in [-0.1, -0.05) is 31.9 Å². The van der Waals surface area contributed by atoms with E-state index >= 15 is 0 Å². The van der Waals surface area contributed by atoms with E-state index in [1.54, 1.807) is 18.3 Å². The largest absolute Gasteiger partial charge is 0.393 e. The van der Waals surface area contributed by atoms with Crippen molar-refractivity contribution < 1.29 is 9.50 Å². The number of imidazole rings is 1. The summed E-state index contributed by atoms with van der Waals surface area (Å²) in [5.41, 5.74) is 1.75. The molecule has 2 aliphatic rings. The summed E-state index contributed by atoms with van der Waals surface area (Å²) in [5, 5.41) is 16.6. The number of aliphatic hydroxyl groups excluding tert-OH is 1. The highest BCUT2D eigenvalue weighted by atomic mass is 35.5. The van der Waals surface area contributed by atoms with Crippen LogP contribution in [0, 0.1) is 5.82 Å². The van der Waals surface area contributed by atoms with Crippen molar-refractivity contribution in [2.75, 3.05) is 10.6 Å². The molecule has 2 aromatic heterocycles. The van der Waals surface area contributed by atoms with Crippen LogP contribution in [0.25, 0.3) is 11.2 Å². The Kier molecular flexibility index (Phi) is 6.81. The number of fused-ring (bicyclic) bond motifs is 1. The summed E-state index contributed by atoms with van der Waals surface area (Å²) < 4.78 is 16.5. The number of aromatic nitrogens is 4. The summed E-state index contributed by atoms with van der Waals surface area (Å²) in [5.74, 6) is 0.707. The highest BCUT2D eigenvalue weighted by molar-refractivity contribution is 6.30. The zero-order valence-corrected chi connectivity index (χ0v) is 17.9. The Balaban J connectivity index is 0.00000245. The van der Waals surface area contributed by atoms with E-state index < -0.39 is 5.82 Å². The molecule has 0 atom stereocenters. The number of hydrogen-bond donors (Lipinski definition) is 3.